The number of hydrogen-bond donors (Lipinski definition) is 2. The highest BCUT2D eigenvalue weighted by molar-refractivity contribution is 5.20. The lowest BCUT2D eigenvalue weighted by molar-refractivity contribution is 0.0745. The summed E-state index contributed by atoms with van der Waals surface area (Å²) in [6.45, 7) is 12.2. The number of aliphatic hydroxyl groups is 1. The molecule has 0 saturated carbocycles. The molecular formula is C18H27NO2. The molecule has 0 heterocycles. The summed E-state index contributed by atoms with van der Waals surface area (Å²) in [7, 11) is 0. The lowest BCUT2D eigenvalue weighted by atomic mass is 10.3. The summed E-state index contributed by atoms with van der Waals surface area (Å²) in [6.07, 6.45) is 16.1. The van der Waals surface area contributed by atoms with Gasteiger partial charge in [0.05, 0.1) is 0 Å². The average Bonchev–Trinajstić information content (AvgIpc) is 2.45. The Morgan fingerprint density at radius 2 is 1.67 bits per heavy atom. The molecule has 0 amide bonds. The van der Waals surface area contributed by atoms with Crippen LogP contribution < -0.4 is 5.32 Å². The summed E-state index contributed by atoms with van der Waals surface area (Å²) in [4.78, 5) is 0. The molecule has 116 valence electrons. The summed E-state index contributed by atoms with van der Waals surface area (Å²) in [5.41, 5.74) is 0. The highest BCUT2D eigenvalue weighted by atomic mass is 16.5. The Morgan fingerprint density at radius 1 is 1.10 bits per heavy atom. The molecule has 21 heavy (non-hydrogen) atoms. The van der Waals surface area contributed by atoms with Crippen molar-refractivity contribution in [3.63, 3.8) is 0 Å². The molecule has 0 radical (unpaired) electrons. The smallest absolute Gasteiger partial charge is 0.115 e. The minimum absolute atomic E-state index is 0.235. The van der Waals surface area contributed by atoms with Gasteiger partial charge in [-0.2, -0.15) is 0 Å². The second kappa shape index (κ2) is 13.2. The molecule has 0 aliphatic rings. The van der Waals surface area contributed by atoms with Crippen LogP contribution in [0.5, 0.6) is 0 Å². The molecule has 3 heteroatoms. The van der Waals surface area contributed by atoms with Crippen LogP contribution in [0.3, 0.4) is 0 Å². The summed E-state index contributed by atoms with van der Waals surface area (Å²) >= 11 is 0. The molecule has 0 fully saturated rings. The highest BCUT2D eigenvalue weighted by Crippen LogP contribution is 1.98. The molecule has 2 N–H and O–H groups in total. The predicted molar refractivity (Wildman–Crippen MR) is 91.0 cm³/mol. The highest BCUT2D eigenvalue weighted by Gasteiger charge is 2.05. The van der Waals surface area contributed by atoms with Crippen LogP contribution in [0.15, 0.2) is 73.6 Å². The molecule has 0 rings (SSSR count). The van der Waals surface area contributed by atoms with Gasteiger partial charge in [-0.1, -0.05) is 75.6 Å². The van der Waals surface area contributed by atoms with E-state index in [4.69, 9.17) is 4.74 Å². The normalized spacial score (nSPS) is 13.9. The third kappa shape index (κ3) is 14.4. The van der Waals surface area contributed by atoms with E-state index >= 15 is 0 Å². The number of rotatable bonds is 11. The molecule has 0 spiro atoms. The van der Waals surface area contributed by atoms with E-state index in [-0.39, 0.29) is 6.61 Å². The Balaban J connectivity index is 3.85. The quantitative estimate of drug-likeness (QED) is 0.453. The molecule has 1 atom stereocenters. The van der Waals surface area contributed by atoms with Crippen molar-refractivity contribution in [1.82, 2.24) is 5.32 Å². The van der Waals surface area contributed by atoms with Crippen LogP contribution in [0.1, 0.15) is 13.8 Å². The number of hydrogen-bond acceptors (Lipinski definition) is 3. The molecule has 0 saturated heterocycles. The molecule has 0 aromatic carbocycles. The van der Waals surface area contributed by atoms with E-state index in [9.17, 15) is 5.11 Å². The van der Waals surface area contributed by atoms with E-state index in [1.165, 1.54) is 0 Å². The van der Waals surface area contributed by atoms with E-state index in [2.05, 4.69) is 18.5 Å². The first kappa shape index (κ1) is 19.2. The van der Waals surface area contributed by atoms with Crippen molar-refractivity contribution < 1.29 is 9.84 Å². The fourth-order valence-corrected chi connectivity index (χ4v) is 1.24. The van der Waals surface area contributed by atoms with Crippen LogP contribution in [0.4, 0.5) is 0 Å². The Bertz CT molecular complexity index is 403. The van der Waals surface area contributed by atoms with Crippen LogP contribution in [0, 0.1) is 0 Å². The standard InChI is InChI=1S/C18H27NO2/c1-5-6-7-8-9-10-11-12-13-17(4)21-15-18(20)14-19-16(2)3/h5-13,16,18-20H,1,4,14-15H2,2-3H3/b7-6-,9-8-,11-10-,13-12-. The fourth-order valence-electron chi connectivity index (χ4n) is 1.24. The van der Waals surface area contributed by atoms with Crippen LogP contribution in [0.25, 0.3) is 0 Å². The summed E-state index contributed by atoms with van der Waals surface area (Å²) in [6, 6.07) is 0.349. The minimum atomic E-state index is -0.535. The van der Waals surface area contributed by atoms with Gasteiger partial charge in [-0.3, -0.25) is 0 Å². The minimum Gasteiger partial charge on any atom is -0.491 e. The first-order valence-electron chi connectivity index (χ1n) is 7.08. The Labute approximate surface area is 128 Å². The first-order valence-corrected chi connectivity index (χ1v) is 7.08. The molecule has 0 aliphatic carbocycles. The molecule has 0 aliphatic heterocycles. The van der Waals surface area contributed by atoms with Crippen molar-refractivity contribution in [2.24, 2.45) is 0 Å². The molecule has 3 nitrogen and oxygen atoms in total. The number of allylic oxidation sites excluding steroid dienone is 9. The van der Waals surface area contributed by atoms with Gasteiger partial charge in [-0.05, 0) is 6.08 Å². The number of ether oxygens (including phenoxy) is 1. The predicted octanol–water partition coefficient (Wildman–Crippen LogP) is 3.29. The number of aliphatic hydroxyl groups excluding tert-OH is 1. The van der Waals surface area contributed by atoms with Crippen molar-refractivity contribution in [1.29, 1.82) is 0 Å². The second-order valence-corrected chi connectivity index (χ2v) is 4.74. The Morgan fingerprint density at radius 3 is 2.24 bits per heavy atom. The summed E-state index contributed by atoms with van der Waals surface area (Å²) < 4.78 is 5.35. The third-order valence-electron chi connectivity index (χ3n) is 2.31. The second-order valence-electron chi connectivity index (χ2n) is 4.74. The number of nitrogens with one attached hydrogen (secondary N) is 1. The van der Waals surface area contributed by atoms with Crippen molar-refractivity contribution in [2.45, 2.75) is 26.0 Å². The molecule has 0 aromatic rings. The van der Waals surface area contributed by atoms with Crippen LogP contribution in [-0.4, -0.2) is 30.4 Å². The van der Waals surface area contributed by atoms with Crippen LogP contribution >= 0.6 is 0 Å². The molecule has 0 aromatic heterocycles. The largest absolute Gasteiger partial charge is 0.491 e. The van der Waals surface area contributed by atoms with Crippen molar-refractivity contribution >= 4 is 0 Å². The van der Waals surface area contributed by atoms with E-state index in [1.54, 1.807) is 12.2 Å². The average molecular weight is 289 g/mol. The van der Waals surface area contributed by atoms with E-state index in [0.29, 0.717) is 18.3 Å². The zero-order chi connectivity index (χ0) is 15.9. The Hall–Kier alpha value is -1.84. The van der Waals surface area contributed by atoms with Gasteiger partial charge in [0.1, 0.15) is 18.5 Å². The van der Waals surface area contributed by atoms with Crippen molar-refractivity contribution in [2.75, 3.05) is 13.2 Å². The maximum atomic E-state index is 9.67. The van der Waals surface area contributed by atoms with E-state index in [1.807, 2.05) is 56.4 Å². The molecule has 1 unspecified atom stereocenters. The van der Waals surface area contributed by atoms with Gasteiger partial charge in [0.15, 0.2) is 0 Å². The van der Waals surface area contributed by atoms with Gasteiger partial charge in [-0.25, -0.2) is 0 Å². The Kier molecular flexibility index (Phi) is 12.0. The zero-order valence-corrected chi connectivity index (χ0v) is 13.0. The van der Waals surface area contributed by atoms with Gasteiger partial charge in [0.25, 0.3) is 0 Å². The maximum Gasteiger partial charge on any atom is 0.115 e. The zero-order valence-electron chi connectivity index (χ0n) is 13.0. The molecule has 0 bridgehead atoms. The van der Waals surface area contributed by atoms with Gasteiger partial charge >= 0.3 is 0 Å². The van der Waals surface area contributed by atoms with Crippen molar-refractivity contribution in [3.8, 4) is 0 Å². The monoisotopic (exact) mass is 289 g/mol. The third-order valence-corrected chi connectivity index (χ3v) is 2.31. The van der Waals surface area contributed by atoms with Crippen LogP contribution in [0.2, 0.25) is 0 Å². The van der Waals surface area contributed by atoms with Gasteiger partial charge in [-0.15, -0.1) is 0 Å². The SMILES string of the molecule is C=C\C=C/C=C\C=C/C=C\C(=C)OCC(O)CNC(C)C. The summed E-state index contributed by atoms with van der Waals surface area (Å²) in [5, 5.41) is 12.8. The maximum absolute atomic E-state index is 9.67. The van der Waals surface area contributed by atoms with E-state index in [0.717, 1.165) is 0 Å². The van der Waals surface area contributed by atoms with E-state index < -0.39 is 6.10 Å². The topological polar surface area (TPSA) is 41.5 Å². The van der Waals surface area contributed by atoms with Gasteiger partial charge < -0.3 is 15.2 Å². The lowest BCUT2D eigenvalue weighted by Crippen LogP contribution is -2.34. The van der Waals surface area contributed by atoms with Gasteiger partial charge in [0.2, 0.25) is 0 Å². The molecular weight excluding hydrogens is 262 g/mol. The fraction of sp³-hybridized carbons (Fsp3) is 0.333. The van der Waals surface area contributed by atoms with Crippen molar-refractivity contribution in [3.05, 3.63) is 73.6 Å². The van der Waals surface area contributed by atoms with Crippen LogP contribution in [-0.2, 0) is 4.74 Å². The lowest BCUT2D eigenvalue weighted by Gasteiger charge is -2.14. The first-order chi connectivity index (χ1) is 10.1. The van der Waals surface area contributed by atoms with Gasteiger partial charge in [0, 0.05) is 12.6 Å². The summed E-state index contributed by atoms with van der Waals surface area (Å²) in [5.74, 6) is 0.527.